The largest absolute Gasteiger partial charge is 0.465 e. The lowest BCUT2D eigenvalue weighted by atomic mass is 10.0. The minimum atomic E-state index is -0.912. The first-order chi connectivity index (χ1) is 13.5. The zero-order valence-electron chi connectivity index (χ0n) is 15.0. The van der Waals surface area contributed by atoms with Gasteiger partial charge in [-0.05, 0) is 24.3 Å². The van der Waals surface area contributed by atoms with Crippen LogP contribution < -0.4 is 0 Å². The highest BCUT2D eigenvalue weighted by Gasteiger charge is 2.33. The van der Waals surface area contributed by atoms with Crippen LogP contribution in [0.4, 0.5) is 4.39 Å². The number of halogens is 1. The Morgan fingerprint density at radius 3 is 2.32 bits per heavy atom. The van der Waals surface area contributed by atoms with Crippen molar-refractivity contribution in [2.75, 3.05) is 14.2 Å². The van der Waals surface area contributed by atoms with E-state index in [-0.39, 0.29) is 28.1 Å². The van der Waals surface area contributed by atoms with Crippen molar-refractivity contribution >= 4 is 11.9 Å². The fraction of sp³-hybridized carbons (Fsp3) is 0.100. The molecule has 8 heteroatoms. The molecular formula is C20H14FN3O4. The first-order valence-electron chi connectivity index (χ1n) is 8.07. The minimum Gasteiger partial charge on any atom is -0.465 e. The molecule has 3 aromatic rings. The molecule has 0 N–H and O–H groups in total. The number of nitriles is 1. The molecule has 0 spiro atoms. The highest BCUT2D eigenvalue weighted by Crippen LogP contribution is 2.32. The Morgan fingerprint density at radius 1 is 1.04 bits per heavy atom. The first-order valence-corrected chi connectivity index (χ1v) is 8.07. The third kappa shape index (κ3) is 3.10. The van der Waals surface area contributed by atoms with Crippen LogP contribution in [-0.4, -0.2) is 35.9 Å². The summed E-state index contributed by atoms with van der Waals surface area (Å²) in [5, 5.41) is 13.7. The van der Waals surface area contributed by atoms with E-state index in [4.69, 9.17) is 9.47 Å². The molecule has 2 aromatic carbocycles. The molecule has 28 heavy (non-hydrogen) atoms. The molecule has 0 radical (unpaired) electrons. The summed E-state index contributed by atoms with van der Waals surface area (Å²) in [5.41, 5.74) is -0.521. The van der Waals surface area contributed by atoms with Gasteiger partial charge in [-0.15, -0.1) is 0 Å². The molecule has 0 aliphatic carbocycles. The van der Waals surface area contributed by atoms with Crippen molar-refractivity contribution in [1.29, 1.82) is 5.26 Å². The number of carbonyl (C=O) groups is 2. The molecule has 1 heterocycles. The highest BCUT2D eigenvalue weighted by molar-refractivity contribution is 6.07. The number of carbonyl (C=O) groups excluding carboxylic acids is 2. The number of ether oxygens (including phenoxy) is 2. The van der Waals surface area contributed by atoms with Crippen LogP contribution in [0, 0.1) is 17.1 Å². The van der Waals surface area contributed by atoms with Crippen molar-refractivity contribution in [3.63, 3.8) is 0 Å². The highest BCUT2D eigenvalue weighted by atomic mass is 19.1. The molecule has 3 rings (SSSR count). The Kier molecular flexibility index (Phi) is 5.18. The lowest BCUT2D eigenvalue weighted by Gasteiger charge is -2.07. The molecule has 0 amide bonds. The topological polar surface area (TPSA) is 94.2 Å². The number of nitrogens with zero attached hydrogens (tertiary/aromatic N) is 3. The van der Waals surface area contributed by atoms with E-state index in [1.165, 1.54) is 16.8 Å². The van der Waals surface area contributed by atoms with Gasteiger partial charge in [0.05, 0.1) is 37.1 Å². The maximum Gasteiger partial charge on any atom is 0.357 e. The first kappa shape index (κ1) is 18.8. The summed E-state index contributed by atoms with van der Waals surface area (Å²) in [6, 6.07) is 14.2. The normalized spacial score (nSPS) is 10.2. The van der Waals surface area contributed by atoms with Crippen LogP contribution in [0.3, 0.4) is 0 Å². The van der Waals surface area contributed by atoms with Gasteiger partial charge in [-0.25, -0.2) is 18.7 Å². The van der Waals surface area contributed by atoms with Gasteiger partial charge in [0.2, 0.25) is 0 Å². The Balaban J connectivity index is 2.45. The maximum atomic E-state index is 14.6. The molecule has 0 aliphatic heterocycles. The number of esters is 2. The van der Waals surface area contributed by atoms with E-state index >= 15 is 0 Å². The molecule has 0 saturated carbocycles. The smallest absolute Gasteiger partial charge is 0.357 e. The van der Waals surface area contributed by atoms with E-state index in [0.717, 1.165) is 20.3 Å². The van der Waals surface area contributed by atoms with Gasteiger partial charge >= 0.3 is 11.9 Å². The van der Waals surface area contributed by atoms with E-state index < -0.39 is 17.8 Å². The summed E-state index contributed by atoms with van der Waals surface area (Å²) in [4.78, 5) is 25.0. The van der Waals surface area contributed by atoms with Gasteiger partial charge in [0.15, 0.2) is 5.69 Å². The summed E-state index contributed by atoms with van der Waals surface area (Å²) in [6.45, 7) is 0. The third-order valence-electron chi connectivity index (χ3n) is 4.03. The van der Waals surface area contributed by atoms with Crippen molar-refractivity contribution in [2.24, 2.45) is 0 Å². The monoisotopic (exact) mass is 379 g/mol. The average molecular weight is 379 g/mol. The second kappa shape index (κ2) is 7.72. The van der Waals surface area contributed by atoms with E-state index in [9.17, 15) is 19.2 Å². The average Bonchev–Trinajstić information content (AvgIpc) is 3.13. The molecule has 0 bridgehead atoms. The van der Waals surface area contributed by atoms with Gasteiger partial charge in [-0.2, -0.15) is 10.4 Å². The zero-order chi connectivity index (χ0) is 20.3. The second-order valence-corrected chi connectivity index (χ2v) is 5.58. The molecule has 0 atom stereocenters. The lowest BCUT2D eigenvalue weighted by molar-refractivity contribution is 0.0549. The van der Waals surface area contributed by atoms with Crippen LogP contribution in [-0.2, 0) is 9.47 Å². The van der Waals surface area contributed by atoms with Gasteiger partial charge in [0, 0.05) is 0 Å². The van der Waals surface area contributed by atoms with Gasteiger partial charge in [-0.1, -0.05) is 24.3 Å². The fourth-order valence-electron chi connectivity index (χ4n) is 2.79. The van der Waals surface area contributed by atoms with E-state index in [1.54, 1.807) is 30.3 Å². The maximum absolute atomic E-state index is 14.6. The number of hydrogen-bond donors (Lipinski definition) is 0. The Hall–Kier alpha value is -3.99. The molecule has 0 fully saturated rings. The van der Waals surface area contributed by atoms with Crippen LogP contribution in [0.2, 0.25) is 0 Å². The Morgan fingerprint density at radius 2 is 1.71 bits per heavy atom. The van der Waals surface area contributed by atoms with Crippen molar-refractivity contribution in [3.05, 3.63) is 71.2 Å². The minimum absolute atomic E-state index is 0.0423. The number of methoxy groups -OCH3 is 2. The molecule has 1 aromatic heterocycles. The number of para-hydroxylation sites is 1. The predicted octanol–water partition coefficient (Wildman–Crippen LogP) is 3.12. The van der Waals surface area contributed by atoms with Crippen LogP contribution in [0.1, 0.15) is 26.4 Å². The fourth-order valence-corrected chi connectivity index (χ4v) is 2.79. The van der Waals surface area contributed by atoms with Crippen molar-refractivity contribution in [2.45, 2.75) is 0 Å². The summed E-state index contributed by atoms with van der Waals surface area (Å²) in [7, 11) is 2.27. The van der Waals surface area contributed by atoms with E-state index in [0.29, 0.717) is 5.69 Å². The Bertz CT molecular complexity index is 1100. The van der Waals surface area contributed by atoms with Crippen LogP contribution in [0.5, 0.6) is 0 Å². The summed E-state index contributed by atoms with van der Waals surface area (Å²) in [5.74, 6) is -2.54. The predicted molar refractivity (Wildman–Crippen MR) is 96.4 cm³/mol. The van der Waals surface area contributed by atoms with E-state index in [2.05, 4.69) is 5.10 Å². The standard InChI is InChI=1S/C20H14FN3O4/c1-27-19(25)16-17(15-12(11-22)7-6-10-14(15)21)23-24(18(16)20(26)28-2)13-8-4-3-5-9-13/h3-10H,1-2H3. The van der Waals surface area contributed by atoms with E-state index in [1.807, 2.05) is 6.07 Å². The molecule has 140 valence electrons. The van der Waals surface area contributed by atoms with Crippen molar-refractivity contribution in [1.82, 2.24) is 9.78 Å². The van der Waals surface area contributed by atoms with Gasteiger partial charge in [0.25, 0.3) is 0 Å². The number of aromatic nitrogens is 2. The molecule has 0 aliphatic rings. The lowest BCUT2D eigenvalue weighted by Crippen LogP contribution is -2.15. The van der Waals surface area contributed by atoms with Gasteiger partial charge in [0.1, 0.15) is 17.1 Å². The Labute approximate surface area is 159 Å². The quantitative estimate of drug-likeness (QED) is 0.647. The molecule has 0 unspecified atom stereocenters. The van der Waals surface area contributed by atoms with Gasteiger partial charge < -0.3 is 9.47 Å². The number of benzene rings is 2. The summed E-state index contributed by atoms with van der Waals surface area (Å²) in [6.07, 6.45) is 0. The number of hydrogen-bond acceptors (Lipinski definition) is 6. The zero-order valence-corrected chi connectivity index (χ0v) is 15.0. The third-order valence-corrected chi connectivity index (χ3v) is 4.03. The van der Waals surface area contributed by atoms with Crippen LogP contribution in [0.15, 0.2) is 48.5 Å². The SMILES string of the molecule is COC(=O)c1c(-c2c(F)cccc2C#N)nn(-c2ccccc2)c1C(=O)OC. The van der Waals surface area contributed by atoms with Crippen LogP contribution >= 0.6 is 0 Å². The van der Waals surface area contributed by atoms with Gasteiger partial charge in [-0.3, -0.25) is 0 Å². The van der Waals surface area contributed by atoms with Crippen LogP contribution in [0.25, 0.3) is 16.9 Å². The molecular weight excluding hydrogens is 365 g/mol. The number of rotatable bonds is 4. The molecule has 0 saturated heterocycles. The molecule has 7 nitrogen and oxygen atoms in total. The van der Waals surface area contributed by atoms with Crippen molar-refractivity contribution < 1.29 is 23.5 Å². The summed E-state index contributed by atoms with van der Waals surface area (Å²) < 4.78 is 25.4. The summed E-state index contributed by atoms with van der Waals surface area (Å²) >= 11 is 0. The van der Waals surface area contributed by atoms with Crippen molar-refractivity contribution in [3.8, 4) is 23.0 Å². The second-order valence-electron chi connectivity index (χ2n) is 5.58.